The van der Waals surface area contributed by atoms with Crippen LogP contribution in [0.1, 0.15) is 5.56 Å². The third-order valence-corrected chi connectivity index (χ3v) is 1.73. The molecule has 2 rings (SSSR count). The van der Waals surface area contributed by atoms with Crippen molar-refractivity contribution in [3.63, 3.8) is 0 Å². The molecule has 1 aromatic carbocycles. The Balaban J connectivity index is 2.54. The van der Waals surface area contributed by atoms with Crippen LogP contribution >= 0.6 is 12.2 Å². The molecule has 0 aromatic heterocycles. The van der Waals surface area contributed by atoms with Crippen LogP contribution in [0.3, 0.4) is 0 Å². The molecule has 0 aliphatic carbocycles. The van der Waals surface area contributed by atoms with Crippen LogP contribution < -0.4 is 4.18 Å². The number of hydrogen-bond donors (Lipinski definition) is 0. The first-order chi connectivity index (χ1) is 4.97. The highest BCUT2D eigenvalue weighted by molar-refractivity contribution is 7.93. The van der Waals surface area contributed by atoms with Crippen LogP contribution in [0.25, 0.3) is 0 Å². The van der Waals surface area contributed by atoms with Gasteiger partial charge >= 0.3 is 0 Å². The Hall–Kier alpha value is -0.960. The molecule has 0 atom stereocenters. The Morgan fingerprint density at radius 3 is 3.10 bits per heavy atom. The molecule has 1 aliphatic heterocycles. The summed E-state index contributed by atoms with van der Waals surface area (Å²) in [5, 5.41) is 0. The lowest BCUT2D eigenvalue weighted by atomic mass is 10.2. The first-order valence-electron chi connectivity index (χ1n) is 2.93. The zero-order valence-electron chi connectivity index (χ0n) is 5.15. The van der Waals surface area contributed by atoms with Crippen molar-refractivity contribution in [3.8, 4) is 5.75 Å². The highest BCUT2D eigenvalue weighted by Crippen LogP contribution is 2.24. The van der Waals surface area contributed by atoms with Crippen LogP contribution in [0.5, 0.6) is 5.75 Å². The van der Waals surface area contributed by atoms with Gasteiger partial charge < -0.3 is 4.18 Å². The van der Waals surface area contributed by atoms with Gasteiger partial charge in [0.15, 0.2) is 0 Å². The van der Waals surface area contributed by atoms with Gasteiger partial charge in [0.25, 0.3) is 0 Å². The van der Waals surface area contributed by atoms with Crippen molar-refractivity contribution >= 4 is 18.4 Å². The Morgan fingerprint density at radius 1 is 1.30 bits per heavy atom. The molecule has 0 bridgehead atoms. The van der Waals surface area contributed by atoms with Gasteiger partial charge in [-0.3, -0.25) is 0 Å². The zero-order valence-corrected chi connectivity index (χ0v) is 5.97. The Kier molecular flexibility index (Phi) is 1.36. The van der Waals surface area contributed by atoms with Crippen molar-refractivity contribution in [2.45, 2.75) is 0 Å². The molecular formula is C7H5NOS. The van der Waals surface area contributed by atoms with Gasteiger partial charge in [0.2, 0.25) is 12.2 Å². The highest BCUT2D eigenvalue weighted by Gasteiger charge is 2.03. The number of fused-ring (bicyclic) bond motifs is 1. The van der Waals surface area contributed by atoms with Gasteiger partial charge in [-0.05, 0) is 12.1 Å². The van der Waals surface area contributed by atoms with E-state index < -0.39 is 0 Å². The standard InChI is InChI=1S/C7H5NOS/c1-2-4-7-6(3-1)5-8-10-9-7/h1-5H. The van der Waals surface area contributed by atoms with Gasteiger partial charge in [-0.2, -0.15) is 4.40 Å². The number of benzene rings is 1. The van der Waals surface area contributed by atoms with E-state index in [2.05, 4.69) is 4.40 Å². The Morgan fingerprint density at radius 2 is 2.20 bits per heavy atom. The minimum absolute atomic E-state index is 0.891. The minimum atomic E-state index is 0.891. The summed E-state index contributed by atoms with van der Waals surface area (Å²) in [5.74, 6) is 0.891. The summed E-state index contributed by atoms with van der Waals surface area (Å²) in [7, 11) is 0. The molecule has 10 heavy (non-hydrogen) atoms. The van der Waals surface area contributed by atoms with Crippen molar-refractivity contribution in [3.05, 3.63) is 29.8 Å². The number of rotatable bonds is 0. The lowest BCUT2D eigenvalue weighted by Crippen LogP contribution is -1.91. The van der Waals surface area contributed by atoms with Crippen LogP contribution in [0.2, 0.25) is 0 Å². The topological polar surface area (TPSA) is 21.6 Å². The van der Waals surface area contributed by atoms with Crippen molar-refractivity contribution in [1.29, 1.82) is 0 Å². The van der Waals surface area contributed by atoms with Gasteiger partial charge in [0, 0.05) is 11.8 Å². The highest BCUT2D eigenvalue weighted by atomic mass is 32.2. The first-order valence-corrected chi connectivity index (χ1v) is 3.63. The molecule has 0 saturated carbocycles. The smallest absolute Gasteiger partial charge is 0.201 e. The summed E-state index contributed by atoms with van der Waals surface area (Å²) >= 11 is 1.11. The quantitative estimate of drug-likeness (QED) is 0.418. The predicted molar refractivity (Wildman–Crippen MR) is 42.3 cm³/mol. The first kappa shape index (κ1) is 5.80. The predicted octanol–water partition coefficient (Wildman–Crippen LogP) is 2.06. The lowest BCUT2D eigenvalue weighted by Gasteiger charge is -2.06. The molecule has 0 radical (unpaired) electrons. The molecular weight excluding hydrogens is 146 g/mol. The molecule has 0 fully saturated rings. The summed E-state index contributed by atoms with van der Waals surface area (Å²) in [6.45, 7) is 0. The number of para-hydroxylation sites is 1. The SMILES string of the molecule is C1=NSOc2ccccc21. The third kappa shape index (κ3) is 0.885. The fourth-order valence-corrected chi connectivity index (χ4v) is 1.23. The van der Waals surface area contributed by atoms with E-state index in [1.807, 2.05) is 24.3 Å². The minimum Gasteiger partial charge on any atom is -0.403 e. The monoisotopic (exact) mass is 151 g/mol. The molecule has 0 N–H and O–H groups in total. The lowest BCUT2D eigenvalue weighted by molar-refractivity contribution is 0.643. The summed E-state index contributed by atoms with van der Waals surface area (Å²) in [4.78, 5) is 0. The van der Waals surface area contributed by atoms with E-state index in [9.17, 15) is 0 Å². The maximum atomic E-state index is 5.14. The molecule has 1 aromatic rings. The third-order valence-electron chi connectivity index (χ3n) is 1.28. The van der Waals surface area contributed by atoms with E-state index in [1.54, 1.807) is 6.21 Å². The Bertz CT molecular complexity index is 272. The molecule has 1 heterocycles. The van der Waals surface area contributed by atoms with Gasteiger partial charge in [-0.1, -0.05) is 12.1 Å². The molecule has 1 aliphatic rings. The summed E-state index contributed by atoms with van der Waals surface area (Å²) in [6, 6.07) is 7.80. The number of nitrogens with zero attached hydrogens (tertiary/aromatic N) is 1. The summed E-state index contributed by atoms with van der Waals surface area (Å²) < 4.78 is 9.03. The maximum absolute atomic E-state index is 5.14. The van der Waals surface area contributed by atoms with Crippen molar-refractivity contribution in [2.75, 3.05) is 0 Å². The van der Waals surface area contributed by atoms with Gasteiger partial charge in [0.05, 0.1) is 0 Å². The Labute approximate surface area is 63.3 Å². The zero-order chi connectivity index (χ0) is 6.81. The molecule has 0 amide bonds. The van der Waals surface area contributed by atoms with E-state index in [-0.39, 0.29) is 0 Å². The van der Waals surface area contributed by atoms with Gasteiger partial charge in [-0.25, -0.2) is 0 Å². The fraction of sp³-hybridized carbons (Fsp3) is 0. The van der Waals surface area contributed by atoms with Gasteiger partial charge in [-0.15, -0.1) is 0 Å². The average molecular weight is 151 g/mol. The van der Waals surface area contributed by atoms with Crippen LogP contribution in [0, 0.1) is 0 Å². The van der Waals surface area contributed by atoms with Crippen molar-refractivity contribution in [2.24, 2.45) is 4.40 Å². The van der Waals surface area contributed by atoms with E-state index in [0.29, 0.717) is 0 Å². The van der Waals surface area contributed by atoms with E-state index in [4.69, 9.17) is 4.18 Å². The van der Waals surface area contributed by atoms with Gasteiger partial charge in [0.1, 0.15) is 5.75 Å². The fourth-order valence-electron chi connectivity index (χ4n) is 0.803. The number of hydrogen-bond acceptors (Lipinski definition) is 3. The molecule has 0 unspecified atom stereocenters. The van der Waals surface area contributed by atoms with E-state index >= 15 is 0 Å². The van der Waals surface area contributed by atoms with E-state index in [0.717, 1.165) is 23.5 Å². The molecule has 0 saturated heterocycles. The molecule has 50 valence electrons. The van der Waals surface area contributed by atoms with Crippen LogP contribution in [-0.2, 0) is 0 Å². The van der Waals surface area contributed by atoms with Crippen LogP contribution in [0.4, 0.5) is 0 Å². The molecule has 3 heteroatoms. The van der Waals surface area contributed by atoms with Crippen LogP contribution in [-0.4, -0.2) is 6.21 Å². The maximum Gasteiger partial charge on any atom is 0.201 e. The van der Waals surface area contributed by atoms with E-state index in [1.165, 1.54) is 0 Å². The second kappa shape index (κ2) is 2.34. The normalized spacial score (nSPS) is 14.0. The largest absolute Gasteiger partial charge is 0.403 e. The summed E-state index contributed by atoms with van der Waals surface area (Å²) in [6.07, 6.45) is 1.80. The van der Waals surface area contributed by atoms with Crippen LogP contribution in [0.15, 0.2) is 28.7 Å². The second-order valence-electron chi connectivity index (χ2n) is 1.93. The summed E-state index contributed by atoms with van der Waals surface area (Å²) in [5.41, 5.74) is 1.04. The van der Waals surface area contributed by atoms with Crippen molar-refractivity contribution in [1.82, 2.24) is 0 Å². The second-order valence-corrected chi connectivity index (χ2v) is 2.46. The van der Waals surface area contributed by atoms with Crippen molar-refractivity contribution < 1.29 is 4.18 Å². The molecule has 0 spiro atoms. The molecule has 2 nitrogen and oxygen atoms in total. The average Bonchev–Trinajstić information content (AvgIpc) is 2.05.